The van der Waals surface area contributed by atoms with Gasteiger partial charge in [0.05, 0.1) is 11.0 Å². The number of sulfone groups is 1. The van der Waals surface area contributed by atoms with Crippen molar-refractivity contribution in [3.05, 3.63) is 29.8 Å². The molecule has 5 heteroatoms. The molecule has 4 nitrogen and oxygen atoms in total. The lowest BCUT2D eigenvalue weighted by Crippen LogP contribution is -2.22. The van der Waals surface area contributed by atoms with E-state index in [4.69, 9.17) is 10.5 Å². The van der Waals surface area contributed by atoms with Crippen molar-refractivity contribution in [3.8, 4) is 5.75 Å². The number of rotatable bonds is 7. The number of hydrogen-bond donors (Lipinski definition) is 1. The predicted molar refractivity (Wildman–Crippen MR) is 78.1 cm³/mol. The molecule has 0 aliphatic heterocycles. The molecule has 0 radical (unpaired) electrons. The fraction of sp³-hybridized carbons (Fsp3) is 0.571. The fourth-order valence-corrected chi connectivity index (χ4v) is 2.43. The van der Waals surface area contributed by atoms with Crippen LogP contribution in [0.3, 0.4) is 0 Å². The molecule has 0 saturated carbocycles. The summed E-state index contributed by atoms with van der Waals surface area (Å²) in [5.74, 6) is 0.705. The van der Waals surface area contributed by atoms with E-state index in [-0.39, 0.29) is 23.7 Å². The van der Waals surface area contributed by atoms with Crippen molar-refractivity contribution in [3.63, 3.8) is 0 Å². The number of benzene rings is 1. The van der Waals surface area contributed by atoms with E-state index >= 15 is 0 Å². The summed E-state index contributed by atoms with van der Waals surface area (Å²) in [6.07, 6.45) is 0.810. The van der Waals surface area contributed by atoms with Gasteiger partial charge in [0.2, 0.25) is 0 Å². The van der Waals surface area contributed by atoms with Crippen LogP contribution in [0.2, 0.25) is 0 Å². The van der Waals surface area contributed by atoms with E-state index in [1.165, 1.54) is 0 Å². The van der Waals surface area contributed by atoms with Crippen LogP contribution in [0.15, 0.2) is 24.3 Å². The van der Waals surface area contributed by atoms with Gasteiger partial charge >= 0.3 is 0 Å². The van der Waals surface area contributed by atoms with E-state index < -0.39 is 9.84 Å². The molecule has 0 heterocycles. The van der Waals surface area contributed by atoms with E-state index in [2.05, 4.69) is 0 Å². The minimum atomic E-state index is -3.06. The molecule has 2 N–H and O–H groups in total. The molecule has 0 amide bonds. The molecule has 0 aromatic heterocycles. The van der Waals surface area contributed by atoms with Crippen molar-refractivity contribution in [2.75, 3.05) is 12.4 Å². The minimum Gasteiger partial charge on any atom is -0.492 e. The lowest BCUT2D eigenvalue weighted by Gasteiger charge is -2.16. The van der Waals surface area contributed by atoms with Crippen molar-refractivity contribution in [2.45, 2.75) is 38.5 Å². The van der Waals surface area contributed by atoms with Crippen molar-refractivity contribution in [2.24, 2.45) is 5.73 Å². The highest BCUT2D eigenvalue weighted by Crippen LogP contribution is 2.25. The van der Waals surface area contributed by atoms with Gasteiger partial charge in [0.25, 0.3) is 0 Å². The van der Waals surface area contributed by atoms with E-state index in [0.29, 0.717) is 5.75 Å². The number of para-hydroxylation sites is 1. The number of nitrogens with two attached hydrogens (primary N) is 1. The summed E-state index contributed by atoms with van der Waals surface area (Å²) < 4.78 is 29.0. The van der Waals surface area contributed by atoms with Gasteiger partial charge in [0.15, 0.2) is 9.84 Å². The van der Waals surface area contributed by atoms with E-state index in [1.807, 2.05) is 31.2 Å². The molecule has 1 aromatic carbocycles. The fourth-order valence-electron chi connectivity index (χ4n) is 1.64. The first-order valence-electron chi connectivity index (χ1n) is 6.57. The molecular formula is C14H23NO3S. The second kappa shape index (κ2) is 6.91. The smallest absolute Gasteiger partial charge is 0.155 e. The van der Waals surface area contributed by atoms with Crippen LogP contribution in [0.1, 0.15) is 38.8 Å². The topological polar surface area (TPSA) is 69.4 Å². The Labute approximate surface area is 115 Å². The van der Waals surface area contributed by atoms with Crippen LogP contribution in [0.4, 0.5) is 0 Å². The summed E-state index contributed by atoms with van der Waals surface area (Å²) in [5.41, 5.74) is 6.93. The maximum absolute atomic E-state index is 11.7. The Bertz CT molecular complexity index is 497. The van der Waals surface area contributed by atoms with Gasteiger partial charge in [-0.3, -0.25) is 0 Å². The molecule has 1 aromatic rings. The first-order chi connectivity index (χ1) is 8.88. The third-order valence-corrected chi connectivity index (χ3v) is 5.27. The highest BCUT2D eigenvalue weighted by molar-refractivity contribution is 7.91. The summed E-state index contributed by atoms with van der Waals surface area (Å²) in [7, 11) is -3.06. The van der Waals surface area contributed by atoms with Crippen LogP contribution < -0.4 is 10.5 Å². The Balaban J connectivity index is 2.69. The summed E-state index contributed by atoms with van der Waals surface area (Å²) in [4.78, 5) is 0. The average molecular weight is 285 g/mol. The van der Waals surface area contributed by atoms with E-state index in [0.717, 1.165) is 12.0 Å². The molecular weight excluding hydrogens is 262 g/mol. The Morgan fingerprint density at radius 2 is 1.89 bits per heavy atom. The third kappa shape index (κ3) is 4.51. The molecule has 0 aliphatic rings. The Morgan fingerprint density at radius 1 is 1.26 bits per heavy atom. The quantitative estimate of drug-likeness (QED) is 0.834. The molecule has 0 saturated heterocycles. The Kier molecular flexibility index (Phi) is 5.82. The molecule has 0 unspecified atom stereocenters. The van der Waals surface area contributed by atoms with Gasteiger partial charge in [-0.05, 0) is 26.3 Å². The molecule has 0 fully saturated rings. The van der Waals surface area contributed by atoms with E-state index in [1.54, 1.807) is 13.8 Å². The lowest BCUT2D eigenvalue weighted by atomic mass is 10.0. The van der Waals surface area contributed by atoms with Crippen LogP contribution in [0.5, 0.6) is 5.75 Å². The predicted octanol–water partition coefficient (Wildman–Crippen LogP) is 2.30. The van der Waals surface area contributed by atoms with E-state index in [9.17, 15) is 8.42 Å². The van der Waals surface area contributed by atoms with Gasteiger partial charge in [0.1, 0.15) is 12.4 Å². The first kappa shape index (κ1) is 16.0. The molecule has 0 bridgehead atoms. The van der Waals surface area contributed by atoms with Crippen molar-refractivity contribution >= 4 is 9.84 Å². The Morgan fingerprint density at radius 3 is 2.47 bits per heavy atom. The van der Waals surface area contributed by atoms with Gasteiger partial charge < -0.3 is 10.5 Å². The SMILES string of the molecule is CC[C@H](N)c1ccccc1OCCS(=O)(=O)C(C)C. The molecule has 1 rings (SSSR count). The van der Waals surface area contributed by atoms with Gasteiger partial charge in [0, 0.05) is 11.6 Å². The lowest BCUT2D eigenvalue weighted by molar-refractivity contribution is 0.334. The van der Waals surface area contributed by atoms with Crippen molar-refractivity contribution in [1.29, 1.82) is 0 Å². The highest BCUT2D eigenvalue weighted by atomic mass is 32.2. The second-order valence-electron chi connectivity index (χ2n) is 4.82. The summed E-state index contributed by atoms with van der Waals surface area (Å²) in [5, 5.41) is -0.371. The van der Waals surface area contributed by atoms with Crippen LogP contribution in [0, 0.1) is 0 Å². The molecule has 108 valence electrons. The molecule has 0 spiro atoms. The monoisotopic (exact) mass is 285 g/mol. The van der Waals surface area contributed by atoms with Crippen LogP contribution in [-0.4, -0.2) is 26.0 Å². The average Bonchev–Trinajstić information content (AvgIpc) is 2.38. The Hall–Kier alpha value is -1.07. The largest absolute Gasteiger partial charge is 0.492 e. The normalized spacial score (nSPS) is 13.5. The summed E-state index contributed by atoms with van der Waals surface area (Å²) >= 11 is 0. The first-order valence-corrected chi connectivity index (χ1v) is 8.29. The number of hydrogen-bond acceptors (Lipinski definition) is 4. The minimum absolute atomic E-state index is 0.0281. The third-order valence-electron chi connectivity index (χ3n) is 3.10. The van der Waals surface area contributed by atoms with Crippen LogP contribution in [0.25, 0.3) is 0 Å². The summed E-state index contributed by atoms with van der Waals surface area (Å²) in [6.45, 7) is 5.52. The zero-order chi connectivity index (χ0) is 14.5. The molecule has 0 aliphatic carbocycles. The molecule has 19 heavy (non-hydrogen) atoms. The van der Waals surface area contributed by atoms with Crippen LogP contribution >= 0.6 is 0 Å². The van der Waals surface area contributed by atoms with Gasteiger partial charge in [-0.15, -0.1) is 0 Å². The standard InChI is InChI=1S/C14H23NO3S/c1-4-13(15)12-7-5-6-8-14(12)18-9-10-19(16,17)11(2)3/h5-8,11,13H,4,9-10,15H2,1-3H3/t13-/m0/s1. The zero-order valence-corrected chi connectivity index (χ0v) is 12.6. The molecule has 1 atom stereocenters. The van der Waals surface area contributed by atoms with Gasteiger partial charge in [-0.25, -0.2) is 8.42 Å². The maximum atomic E-state index is 11.7. The van der Waals surface area contributed by atoms with Gasteiger partial charge in [-0.2, -0.15) is 0 Å². The highest BCUT2D eigenvalue weighted by Gasteiger charge is 2.16. The van der Waals surface area contributed by atoms with Crippen LogP contribution in [-0.2, 0) is 9.84 Å². The van der Waals surface area contributed by atoms with Gasteiger partial charge in [-0.1, -0.05) is 25.1 Å². The summed E-state index contributed by atoms with van der Waals surface area (Å²) in [6, 6.07) is 7.42. The van der Waals surface area contributed by atoms with Crippen molar-refractivity contribution in [1.82, 2.24) is 0 Å². The van der Waals surface area contributed by atoms with Crippen molar-refractivity contribution < 1.29 is 13.2 Å². The number of ether oxygens (including phenoxy) is 1. The zero-order valence-electron chi connectivity index (χ0n) is 11.8. The maximum Gasteiger partial charge on any atom is 0.155 e. The second-order valence-corrected chi connectivity index (χ2v) is 7.49.